The lowest BCUT2D eigenvalue weighted by atomic mass is 9.79. The van der Waals surface area contributed by atoms with Crippen LogP contribution < -0.4 is 10.6 Å². The molecule has 2 nitrogen and oxygen atoms in total. The van der Waals surface area contributed by atoms with Crippen molar-refractivity contribution in [3.05, 3.63) is 0 Å². The second kappa shape index (κ2) is 6.58. The molecule has 2 unspecified atom stereocenters. The van der Waals surface area contributed by atoms with Crippen molar-refractivity contribution in [1.29, 1.82) is 0 Å². The first-order valence-electron chi connectivity index (χ1n) is 8.24. The van der Waals surface area contributed by atoms with Gasteiger partial charge in [-0.15, -0.1) is 0 Å². The van der Waals surface area contributed by atoms with Gasteiger partial charge in [0.15, 0.2) is 0 Å². The van der Waals surface area contributed by atoms with Crippen molar-refractivity contribution < 1.29 is 0 Å². The van der Waals surface area contributed by atoms with E-state index >= 15 is 0 Å². The molecular weight excluding hydrogens is 232 g/mol. The summed E-state index contributed by atoms with van der Waals surface area (Å²) in [6, 6.07) is 1.28. The Hall–Kier alpha value is -0.0800. The van der Waals surface area contributed by atoms with E-state index in [2.05, 4.69) is 59.1 Å². The second-order valence-corrected chi connectivity index (χ2v) is 7.91. The molecule has 0 aromatic carbocycles. The maximum absolute atomic E-state index is 3.93. The van der Waals surface area contributed by atoms with Crippen LogP contribution in [0.5, 0.6) is 0 Å². The molecule has 1 fully saturated rings. The average Bonchev–Trinajstić information content (AvgIpc) is 2.20. The molecule has 2 atom stereocenters. The zero-order valence-electron chi connectivity index (χ0n) is 14.3. The third-order valence-corrected chi connectivity index (χ3v) is 4.58. The Morgan fingerprint density at radius 3 is 2.05 bits per heavy atom. The lowest BCUT2D eigenvalue weighted by Gasteiger charge is -2.47. The number of hydrogen-bond acceptors (Lipinski definition) is 2. The lowest BCUT2D eigenvalue weighted by Crippen LogP contribution is -2.62. The number of piperidine rings is 1. The Balaban J connectivity index is 2.60. The molecule has 0 saturated carbocycles. The van der Waals surface area contributed by atoms with Gasteiger partial charge in [0.25, 0.3) is 0 Å². The Morgan fingerprint density at radius 2 is 1.63 bits per heavy atom. The van der Waals surface area contributed by atoms with Gasteiger partial charge in [0.1, 0.15) is 0 Å². The van der Waals surface area contributed by atoms with E-state index in [1.54, 1.807) is 0 Å². The van der Waals surface area contributed by atoms with Crippen LogP contribution in [0, 0.1) is 5.92 Å². The highest BCUT2D eigenvalue weighted by Gasteiger charge is 2.38. The summed E-state index contributed by atoms with van der Waals surface area (Å²) in [5.74, 6) is 0.825. The molecule has 1 heterocycles. The molecule has 0 aliphatic carbocycles. The summed E-state index contributed by atoms with van der Waals surface area (Å²) in [6.07, 6.45) is 6.39. The molecule has 19 heavy (non-hydrogen) atoms. The Labute approximate surface area is 121 Å². The van der Waals surface area contributed by atoms with Gasteiger partial charge in [0, 0.05) is 23.2 Å². The zero-order chi connectivity index (χ0) is 14.7. The maximum atomic E-state index is 3.93. The van der Waals surface area contributed by atoms with Gasteiger partial charge >= 0.3 is 0 Å². The molecule has 2 heteroatoms. The summed E-state index contributed by atoms with van der Waals surface area (Å²) < 4.78 is 0. The summed E-state index contributed by atoms with van der Waals surface area (Å²) in [7, 11) is 0. The summed E-state index contributed by atoms with van der Waals surface area (Å²) in [5, 5.41) is 7.69. The maximum Gasteiger partial charge on any atom is 0.0144 e. The van der Waals surface area contributed by atoms with E-state index in [-0.39, 0.29) is 11.1 Å². The fourth-order valence-corrected chi connectivity index (χ4v) is 4.13. The van der Waals surface area contributed by atoms with E-state index in [0.717, 1.165) is 5.92 Å². The van der Waals surface area contributed by atoms with E-state index in [1.165, 1.54) is 32.1 Å². The fraction of sp³-hybridized carbons (Fsp3) is 1.00. The smallest absolute Gasteiger partial charge is 0.0144 e. The highest BCUT2D eigenvalue weighted by molar-refractivity contribution is 5.00. The largest absolute Gasteiger partial charge is 0.311 e. The molecule has 1 rings (SSSR count). The lowest BCUT2D eigenvalue weighted by molar-refractivity contribution is 0.133. The first-order valence-corrected chi connectivity index (χ1v) is 8.24. The van der Waals surface area contributed by atoms with Crippen LogP contribution in [0.4, 0.5) is 0 Å². The second-order valence-electron chi connectivity index (χ2n) is 7.91. The van der Waals surface area contributed by atoms with Crippen molar-refractivity contribution >= 4 is 0 Å². The fourth-order valence-electron chi connectivity index (χ4n) is 4.13. The minimum atomic E-state index is 0.242. The highest BCUT2D eigenvalue weighted by atomic mass is 15.1. The quantitative estimate of drug-likeness (QED) is 0.758. The third-order valence-electron chi connectivity index (χ3n) is 4.58. The molecule has 0 amide bonds. The van der Waals surface area contributed by atoms with Gasteiger partial charge in [-0.25, -0.2) is 0 Å². The van der Waals surface area contributed by atoms with Gasteiger partial charge in [-0.1, -0.05) is 26.7 Å². The van der Waals surface area contributed by atoms with Gasteiger partial charge in [0.2, 0.25) is 0 Å². The van der Waals surface area contributed by atoms with Crippen LogP contribution in [0.15, 0.2) is 0 Å². The first kappa shape index (κ1) is 17.0. The van der Waals surface area contributed by atoms with Crippen molar-refractivity contribution in [2.45, 2.75) is 104 Å². The number of hydrogen-bond donors (Lipinski definition) is 2. The molecule has 1 saturated heterocycles. The van der Waals surface area contributed by atoms with Crippen LogP contribution in [0.25, 0.3) is 0 Å². The van der Waals surface area contributed by atoms with Gasteiger partial charge < -0.3 is 10.6 Å². The van der Waals surface area contributed by atoms with E-state index in [1.807, 2.05) is 0 Å². The van der Waals surface area contributed by atoms with Crippen molar-refractivity contribution in [3.8, 4) is 0 Å². The van der Waals surface area contributed by atoms with Crippen LogP contribution in [-0.4, -0.2) is 23.2 Å². The van der Waals surface area contributed by atoms with Crippen molar-refractivity contribution in [3.63, 3.8) is 0 Å². The molecule has 0 aromatic heterocycles. The van der Waals surface area contributed by atoms with Gasteiger partial charge in [-0.2, -0.15) is 0 Å². The number of nitrogens with one attached hydrogen (secondary N) is 2. The minimum absolute atomic E-state index is 0.242. The monoisotopic (exact) mass is 268 g/mol. The summed E-state index contributed by atoms with van der Waals surface area (Å²) >= 11 is 0. The predicted molar refractivity (Wildman–Crippen MR) is 85.6 cm³/mol. The molecular formula is C17H36N2. The van der Waals surface area contributed by atoms with Gasteiger partial charge in [0.05, 0.1) is 0 Å². The SMILES string of the molecule is CCCC(CC)C(C)NC1CC(C)(C)NC(C)(C)C1. The van der Waals surface area contributed by atoms with Crippen LogP contribution >= 0.6 is 0 Å². The molecule has 0 aromatic rings. The van der Waals surface area contributed by atoms with Gasteiger partial charge in [-0.05, 0) is 59.8 Å². The summed E-state index contributed by atoms with van der Waals surface area (Å²) in [6.45, 7) is 16.3. The molecule has 0 radical (unpaired) electrons. The molecule has 114 valence electrons. The van der Waals surface area contributed by atoms with Crippen LogP contribution in [0.2, 0.25) is 0 Å². The van der Waals surface area contributed by atoms with Crippen LogP contribution in [0.1, 0.15) is 80.6 Å². The van der Waals surface area contributed by atoms with E-state index < -0.39 is 0 Å². The van der Waals surface area contributed by atoms with E-state index in [9.17, 15) is 0 Å². The van der Waals surface area contributed by atoms with Crippen LogP contribution in [0.3, 0.4) is 0 Å². The number of rotatable bonds is 6. The third kappa shape index (κ3) is 5.43. The Kier molecular flexibility index (Phi) is 5.88. The normalized spacial score (nSPS) is 26.1. The first-order chi connectivity index (χ1) is 8.69. The van der Waals surface area contributed by atoms with Crippen molar-refractivity contribution in [2.24, 2.45) is 5.92 Å². The summed E-state index contributed by atoms with van der Waals surface area (Å²) in [5.41, 5.74) is 0.483. The Bertz CT molecular complexity index is 254. The Morgan fingerprint density at radius 1 is 1.11 bits per heavy atom. The zero-order valence-corrected chi connectivity index (χ0v) is 14.3. The van der Waals surface area contributed by atoms with Crippen molar-refractivity contribution in [2.75, 3.05) is 0 Å². The topological polar surface area (TPSA) is 24.1 Å². The van der Waals surface area contributed by atoms with E-state index in [4.69, 9.17) is 0 Å². The molecule has 2 N–H and O–H groups in total. The minimum Gasteiger partial charge on any atom is -0.311 e. The van der Waals surface area contributed by atoms with Crippen LogP contribution in [-0.2, 0) is 0 Å². The van der Waals surface area contributed by atoms with Gasteiger partial charge in [-0.3, -0.25) is 0 Å². The predicted octanol–water partition coefficient (Wildman–Crippen LogP) is 4.10. The van der Waals surface area contributed by atoms with Crippen molar-refractivity contribution in [1.82, 2.24) is 10.6 Å². The molecule has 1 aliphatic heterocycles. The molecule has 0 bridgehead atoms. The summed E-state index contributed by atoms with van der Waals surface area (Å²) in [4.78, 5) is 0. The molecule has 0 spiro atoms. The standard InChI is InChI=1S/C17H36N2/c1-8-10-14(9-2)13(3)18-15-11-16(4,5)19-17(6,7)12-15/h13-15,18-19H,8-12H2,1-7H3. The molecule has 1 aliphatic rings. The highest BCUT2D eigenvalue weighted by Crippen LogP contribution is 2.29. The van der Waals surface area contributed by atoms with E-state index in [0.29, 0.717) is 12.1 Å². The average molecular weight is 268 g/mol.